The topological polar surface area (TPSA) is 107 Å². The molecule has 9 heteroatoms. The van der Waals surface area contributed by atoms with Gasteiger partial charge < -0.3 is 13.9 Å². The summed E-state index contributed by atoms with van der Waals surface area (Å²) in [6, 6.07) is 12.7. The van der Waals surface area contributed by atoms with E-state index in [1.165, 1.54) is 12.3 Å². The first-order valence-electron chi connectivity index (χ1n) is 11.3. The Labute approximate surface area is 197 Å². The molecular formula is C25H26N4O5. The van der Waals surface area contributed by atoms with E-state index in [0.29, 0.717) is 36.7 Å². The second kappa shape index (κ2) is 9.00. The predicted molar refractivity (Wildman–Crippen MR) is 123 cm³/mol. The molecule has 2 amide bonds. The van der Waals surface area contributed by atoms with Gasteiger partial charge in [-0.15, -0.1) is 0 Å². The van der Waals surface area contributed by atoms with E-state index >= 15 is 0 Å². The quantitative estimate of drug-likeness (QED) is 0.451. The number of benzene rings is 1. The van der Waals surface area contributed by atoms with Crippen LogP contribution in [0.4, 0.5) is 5.82 Å². The lowest BCUT2D eigenvalue weighted by atomic mass is 9.96. The number of fused-ring (bicyclic) bond motifs is 1. The van der Waals surface area contributed by atoms with E-state index in [9.17, 15) is 9.59 Å². The SMILES string of the molecule is CC1(C)Cc2nc(-c3ccccc3)nc(NN(C(=O)c3ccco3)C(=O)[C@@H]3CCCO3)c2CO1. The highest BCUT2D eigenvalue weighted by Crippen LogP contribution is 2.33. The minimum Gasteiger partial charge on any atom is -0.459 e. The molecular weight excluding hydrogens is 436 g/mol. The molecule has 0 saturated carbocycles. The highest BCUT2D eigenvalue weighted by Gasteiger charge is 2.36. The number of nitrogens with one attached hydrogen (secondary N) is 1. The summed E-state index contributed by atoms with van der Waals surface area (Å²) in [5.41, 5.74) is 4.91. The third-order valence-electron chi connectivity index (χ3n) is 5.90. The molecule has 0 radical (unpaired) electrons. The molecule has 1 aromatic carbocycles. The summed E-state index contributed by atoms with van der Waals surface area (Å²) in [7, 11) is 0. The Hall–Kier alpha value is -3.56. The maximum Gasteiger partial charge on any atom is 0.315 e. The molecule has 176 valence electrons. The van der Waals surface area contributed by atoms with E-state index in [1.807, 2.05) is 44.2 Å². The summed E-state index contributed by atoms with van der Waals surface area (Å²) in [6.45, 7) is 4.72. The highest BCUT2D eigenvalue weighted by atomic mass is 16.5. The van der Waals surface area contributed by atoms with Gasteiger partial charge in [0.05, 0.1) is 24.2 Å². The van der Waals surface area contributed by atoms with Crippen molar-refractivity contribution in [3.8, 4) is 11.4 Å². The van der Waals surface area contributed by atoms with Gasteiger partial charge in [-0.05, 0) is 38.8 Å². The van der Waals surface area contributed by atoms with Crippen molar-refractivity contribution in [3.05, 3.63) is 65.7 Å². The Morgan fingerprint density at radius 2 is 1.94 bits per heavy atom. The molecule has 1 atom stereocenters. The molecule has 5 rings (SSSR count). The highest BCUT2D eigenvalue weighted by molar-refractivity contribution is 6.05. The standard InChI is InChI=1S/C25H26N4O5/c1-25(2)14-18-17(15-34-25)22(27-21(26-18)16-8-4-3-5-9-16)28-29(23(30)19-10-6-12-32-19)24(31)20-11-7-13-33-20/h3-6,8-10,12,20H,7,11,13-15H2,1-2H3,(H,26,27,28)/t20-/m0/s1. The third kappa shape index (κ3) is 4.44. The summed E-state index contributed by atoms with van der Waals surface area (Å²) < 4.78 is 16.8. The predicted octanol–water partition coefficient (Wildman–Crippen LogP) is 3.76. The van der Waals surface area contributed by atoms with Gasteiger partial charge in [0.1, 0.15) is 6.10 Å². The van der Waals surface area contributed by atoms with Gasteiger partial charge in [-0.3, -0.25) is 15.0 Å². The lowest BCUT2D eigenvalue weighted by Crippen LogP contribution is -2.47. The number of nitrogens with zero attached hydrogens (tertiary/aromatic N) is 3. The number of carbonyl (C=O) groups excluding carboxylic acids is 2. The fourth-order valence-electron chi connectivity index (χ4n) is 4.10. The molecule has 2 aliphatic rings. The molecule has 0 aliphatic carbocycles. The monoisotopic (exact) mass is 462 g/mol. The summed E-state index contributed by atoms with van der Waals surface area (Å²) >= 11 is 0. The van der Waals surface area contributed by atoms with Gasteiger partial charge in [0.2, 0.25) is 0 Å². The van der Waals surface area contributed by atoms with Crippen molar-refractivity contribution in [2.45, 2.75) is 51.4 Å². The fraction of sp³-hybridized carbons (Fsp3) is 0.360. The molecule has 4 heterocycles. The average Bonchev–Trinajstić information content (AvgIpc) is 3.56. The van der Waals surface area contributed by atoms with E-state index in [4.69, 9.17) is 23.9 Å². The minimum absolute atomic E-state index is 0.0300. The van der Waals surface area contributed by atoms with Crippen LogP contribution in [0.15, 0.2) is 53.1 Å². The second-order valence-corrected chi connectivity index (χ2v) is 8.98. The van der Waals surface area contributed by atoms with Crippen molar-refractivity contribution in [1.29, 1.82) is 0 Å². The number of amides is 2. The summed E-state index contributed by atoms with van der Waals surface area (Å²) in [4.78, 5) is 36.1. The van der Waals surface area contributed by atoms with Crippen LogP contribution in [0.1, 0.15) is 48.5 Å². The average molecular weight is 463 g/mol. The van der Waals surface area contributed by atoms with Gasteiger partial charge in [0, 0.05) is 24.2 Å². The summed E-state index contributed by atoms with van der Waals surface area (Å²) in [5.74, 6) is -0.261. The van der Waals surface area contributed by atoms with Gasteiger partial charge in [0.25, 0.3) is 5.91 Å². The van der Waals surface area contributed by atoms with E-state index < -0.39 is 23.5 Å². The van der Waals surface area contributed by atoms with Gasteiger partial charge in [-0.1, -0.05) is 30.3 Å². The van der Waals surface area contributed by atoms with Crippen LogP contribution in [0.2, 0.25) is 0 Å². The normalized spacial score (nSPS) is 18.8. The third-order valence-corrected chi connectivity index (χ3v) is 5.90. The Kier molecular flexibility index (Phi) is 5.89. The number of carbonyl (C=O) groups is 2. The zero-order chi connectivity index (χ0) is 23.7. The number of ether oxygens (including phenoxy) is 2. The Morgan fingerprint density at radius 1 is 1.12 bits per heavy atom. The molecule has 1 saturated heterocycles. The van der Waals surface area contributed by atoms with E-state index in [2.05, 4.69) is 5.43 Å². The molecule has 1 N–H and O–H groups in total. The number of hydrazine groups is 1. The molecule has 0 spiro atoms. The molecule has 0 unspecified atom stereocenters. The lowest BCUT2D eigenvalue weighted by Gasteiger charge is -2.33. The van der Waals surface area contributed by atoms with Crippen molar-refractivity contribution < 1.29 is 23.5 Å². The van der Waals surface area contributed by atoms with Gasteiger partial charge in [-0.25, -0.2) is 9.97 Å². The first kappa shape index (κ1) is 22.2. The van der Waals surface area contributed by atoms with E-state index in [0.717, 1.165) is 22.7 Å². The van der Waals surface area contributed by atoms with Crippen LogP contribution in [0.5, 0.6) is 0 Å². The van der Waals surface area contributed by atoms with Crippen LogP contribution in [0.3, 0.4) is 0 Å². The number of aromatic nitrogens is 2. The molecule has 0 bridgehead atoms. The molecule has 1 fully saturated rings. The number of rotatable bonds is 5. The largest absolute Gasteiger partial charge is 0.459 e. The van der Waals surface area contributed by atoms with Gasteiger partial charge >= 0.3 is 5.91 Å². The number of furan rings is 1. The maximum atomic E-state index is 13.3. The van der Waals surface area contributed by atoms with Gasteiger partial charge in [0.15, 0.2) is 17.4 Å². The summed E-state index contributed by atoms with van der Waals surface area (Å²) in [5, 5.41) is 0.936. The minimum atomic E-state index is -0.715. The molecule has 9 nitrogen and oxygen atoms in total. The molecule has 2 aliphatic heterocycles. The number of anilines is 1. The van der Waals surface area contributed by atoms with Crippen LogP contribution in [0, 0.1) is 0 Å². The van der Waals surface area contributed by atoms with Crippen LogP contribution >= 0.6 is 0 Å². The van der Waals surface area contributed by atoms with Crippen molar-refractivity contribution in [2.24, 2.45) is 0 Å². The maximum absolute atomic E-state index is 13.3. The Morgan fingerprint density at radius 3 is 2.65 bits per heavy atom. The molecule has 34 heavy (non-hydrogen) atoms. The number of hydrogen-bond donors (Lipinski definition) is 1. The Balaban J connectivity index is 1.57. The van der Waals surface area contributed by atoms with Crippen LogP contribution in [0.25, 0.3) is 11.4 Å². The zero-order valence-electron chi connectivity index (χ0n) is 19.1. The Bertz CT molecular complexity index is 1190. The first-order valence-corrected chi connectivity index (χ1v) is 11.3. The lowest BCUT2D eigenvalue weighted by molar-refractivity contribution is -0.137. The smallest absolute Gasteiger partial charge is 0.315 e. The van der Waals surface area contributed by atoms with Crippen molar-refractivity contribution in [3.63, 3.8) is 0 Å². The summed E-state index contributed by atoms with van der Waals surface area (Å²) in [6.07, 6.45) is 2.52. The molecule has 3 aromatic rings. The van der Waals surface area contributed by atoms with Crippen molar-refractivity contribution in [1.82, 2.24) is 15.0 Å². The van der Waals surface area contributed by atoms with Crippen LogP contribution < -0.4 is 5.43 Å². The van der Waals surface area contributed by atoms with Crippen LogP contribution in [-0.2, 0) is 27.3 Å². The molecule has 2 aromatic heterocycles. The fourth-order valence-corrected chi connectivity index (χ4v) is 4.10. The first-order chi connectivity index (χ1) is 16.4. The second-order valence-electron chi connectivity index (χ2n) is 8.98. The van der Waals surface area contributed by atoms with Gasteiger partial charge in [-0.2, -0.15) is 5.01 Å². The van der Waals surface area contributed by atoms with E-state index in [-0.39, 0.29) is 12.4 Å². The number of hydrogen-bond acceptors (Lipinski definition) is 8. The van der Waals surface area contributed by atoms with Crippen LogP contribution in [-0.4, -0.2) is 45.1 Å². The number of imide groups is 1. The van der Waals surface area contributed by atoms with Crippen molar-refractivity contribution in [2.75, 3.05) is 12.0 Å². The van der Waals surface area contributed by atoms with Crippen molar-refractivity contribution >= 4 is 17.6 Å². The van der Waals surface area contributed by atoms with E-state index in [1.54, 1.807) is 6.07 Å². The zero-order valence-corrected chi connectivity index (χ0v) is 19.1.